The number of benzene rings is 6. The van der Waals surface area contributed by atoms with Gasteiger partial charge >= 0.3 is 0 Å². The van der Waals surface area contributed by atoms with E-state index in [-0.39, 0.29) is 20.1 Å². The van der Waals surface area contributed by atoms with Crippen LogP contribution in [0.15, 0.2) is 201 Å². The molecule has 393 valence electrons. The number of hydrogen-bond donors (Lipinski definition) is 0. The Kier molecular flexibility index (Phi) is 24.8. The van der Waals surface area contributed by atoms with Crippen LogP contribution >= 0.6 is 0 Å². The van der Waals surface area contributed by atoms with Crippen LogP contribution in [-0.2, 0) is 39.4 Å². The van der Waals surface area contributed by atoms with Crippen molar-refractivity contribution in [2.45, 2.75) is 138 Å². The van der Waals surface area contributed by atoms with Crippen molar-refractivity contribution in [3.63, 3.8) is 0 Å². The van der Waals surface area contributed by atoms with Gasteiger partial charge < -0.3 is 0 Å². The van der Waals surface area contributed by atoms with Crippen molar-refractivity contribution >= 4 is 0 Å². The third-order valence-electron chi connectivity index (χ3n) is 14.0. The first kappa shape index (κ1) is 58.7. The molecule has 0 aliphatic heterocycles. The first-order valence-corrected chi connectivity index (χ1v) is 28.2. The van der Waals surface area contributed by atoms with Gasteiger partial charge in [-0.15, -0.1) is 0 Å². The zero-order valence-electron chi connectivity index (χ0n) is 46.3. The van der Waals surface area contributed by atoms with Gasteiger partial charge in [0.25, 0.3) is 0 Å². The number of aromatic nitrogens is 3. The summed E-state index contributed by atoms with van der Waals surface area (Å²) < 4.78 is 0. The molecule has 3 nitrogen and oxygen atoms in total. The van der Waals surface area contributed by atoms with E-state index in [1.807, 2.05) is 18.6 Å². The van der Waals surface area contributed by atoms with Crippen LogP contribution in [0.1, 0.15) is 131 Å². The summed E-state index contributed by atoms with van der Waals surface area (Å²) in [6.07, 6.45) is 25.2. The van der Waals surface area contributed by atoms with Gasteiger partial charge in [-0.25, -0.2) is 0 Å². The second kappa shape index (κ2) is 32.1. The Balaban J connectivity index is 0.000000184. The molecular weight excluding hydrogens is 1100 g/mol. The van der Waals surface area contributed by atoms with Crippen LogP contribution in [0.4, 0.5) is 0 Å². The van der Waals surface area contributed by atoms with Gasteiger partial charge in [-0.05, 0) is 162 Å². The molecule has 0 aliphatic rings. The summed E-state index contributed by atoms with van der Waals surface area (Å²) in [4.78, 5) is 13.6. The first-order valence-electron chi connectivity index (χ1n) is 28.2. The molecule has 76 heavy (non-hydrogen) atoms. The molecule has 0 fully saturated rings. The monoisotopic (exact) mass is 1180 g/mol. The maximum atomic E-state index is 4.55. The molecule has 3 heterocycles. The molecule has 0 saturated heterocycles. The molecule has 0 aliphatic carbocycles. The van der Waals surface area contributed by atoms with Crippen molar-refractivity contribution in [1.82, 2.24) is 15.0 Å². The number of hydrogen-bond acceptors (Lipinski definition) is 3. The Bertz CT molecular complexity index is 2700. The minimum atomic E-state index is 0. The SMILES string of the molecule is CCCCCCc1ccc(-c2cccc(-c3ccc(C)cn3)c2)cc1.CCCCCCc1ccc(-c2cccc(-c3ccc(C)cn3)c2)cc1.CCCCCCc1ccc(-c2cccc(-c3ccc(C)cn3)c2)cc1.[Ir]. The quantitative estimate of drug-likeness (QED) is 0.0673. The Hall–Kier alpha value is -6.58. The third-order valence-corrected chi connectivity index (χ3v) is 14.0. The van der Waals surface area contributed by atoms with Crippen LogP contribution in [0.25, 0.3) is 67.2 Å². The minimum absolute atomic E-state index is 0. The van der Waals surface area contributed by atoms with Gasteiger partial charge in [0.15, 0.2) is 0 Å². The van der Waals surface area contributed by atoms with Crippen LogP contribution < -0.4 is 0 Å². The van der Waals surface area contributed by atoms with E-state index in [1.54, 1.807) is 0 Å². The summed E-state index contributed by atoms with van der Waals surface area (Å²) in [5.41, 5.74) is 22.0. The van der Waals surface area contributed by atoms with Crippen molar-refractivity contribution in [2.75, 3.05) is 0 Å². The summed E-state index contributed by atoms with van der Waals surface area (Å²) in [5, 5.41) is 0. The third kappa shape index (κ3) is 18.9. The molecule has 0 spiro atoms. The fourth-order valence-corrected chi connectivity index (χ4v) is 9.35. The van der Waals surface area contributed by atoms with Crippen molar-refractivity contribution in [1.29, 1.82) is 0 Å². The Labute approximate surface area is 471 Å². The summed E-state index contributed by atoms with van der Waals surface area (Å²) >= 11 is 0. The van der Waals surface area contributed by atoms with Gasteiger partial charge in [0.1, 0.15) is 0 Å². The molecule has 6 aromatic carbocycles. The zero-order valence-corrected chi connectivity index (χ0v) is 48.7. The van der Waals surface area contributed by atoms with Crippen LogP contribution in [0, 0.1) is 20.8 Å². The average Bonchev–Trinajstić information content (AvgIpc) is 3.46. The van der Waals surface area contributed by atoms with E-state index in [1.165, 1.54) is 180 Å². The van der Waals surface area contributed by atoms with Crippen molar-refractivity contribution in [3.05, 3.63) is 234 Å². The number of rotatable bonds is 21. The van der Waals surface area contributed by atoms with Gasteiger partial charge in [-0.3, -0.25) is 15.0 Å². The van der Waals surface area contributed by atoms with E-state index in [9.17, 15) is 0 Å². The van der Waals surface area contributed by atoms with Crippen molar-refractivity contribution in [3.8, 4) is 67.2 Å². The molecule has 0 unspecified atom stereocenters. The molecule has 4 heteroatoms. The Morgan fingerprint density at radius 2 is 0.526 bits per heavy atom. The van der Waals surface area contributed by atoms with E-state index < -0.39 is 0 Å². The van der Waals surface area contributed by atoms with Crippen molar-refractivity contribution < 1.29 is 20.1 Å². The zero-order chi connectivity index (χ0) is 52.5. The standard InChI is InChI=1S/3C24H27N.Ir/c3*1-3-4-5-6-8-20-12-14-21(15-13-20)22-9-7-10-23(17-22)24-16-11-19(2)18-25-24;/h3*7,9-18H,3-6,8H2,1-2H3;. The van der Waals surface area contributed by atoms with Gasteiger partial charge in [0, 0.05) is 55.4 Å². The average molecular weight is 1180 g/mol. The maximum absolute atomic E-state index is 4.55. The van der Waals surface area contributed by atoms with Crippen LogP contribution in [0.5, 0.6) is 0 Å². The molecule has 3 aromatic heterocycles. The summed E-state index contributed by atoms with van der Waals surface area (Å²) in [6.45, 7) is 13.0. The normalized spacial score (nSPS) is 10.7. The van der Waals surface area contributed by atoms with Crippen molar-refractivity contribution in [2.24, 2.45) is 0 Å². The second-order valence-corrected chi connectivity index (χ2v) is 20.4. The molecular formula is C72H81IrN3. The molecule has 9 rings (SSSR count). The van der Waals surface area contributed by atoms with E-state index in [0.29, 0.717) is 0 Å². The predicted molar refractivity (Wildman–Crippen MR) is 323 cm³/mol. The van der Waals surface area contributed by atoms with E-state index >= 15 is 0 Å². The molecule has 9 aromatic rings. The number of nitrogens with zero attached hydrogens (tertiary/aromatic N) is 3. The largest absolute Gasteiger partial charge is 0.256 e. The predicted octanol–water partition coefficient (Wildman–Crippen LogP) is 20.5. The minimum Gasteiger partial charge on any atom is -0.256 e. The summed E-state index contributed by atoms with van der Waals surface area (Å²) in [6, 6.07) is 65.7. The van der Waals surface area contributed by atoms with Gasteiger partial charge in [-0.2, -0.15) is 0 Å². The summed E-state index contributed by atoms with van der Waals surface area (Å²) in [7, 11) is 0. The Morgan fingerprint density at radius 1 is 0.263 bits per heavy atom. The van der Waals surface area contributed by atoms with Gasteiger partial charge in [0.2, 0.25) is 0 Å². The van der Waals surface area contributed by atoms with Crippen LogP contribution in [-0.4, -0.2) is 15.0 Å². The molecule has 0 bridgehead atoms. The molecule has 0 saturated carbocycles. The molecule has 1 radical (unpaired) electrons. The number of aryl methyl sites for hydroxylation is 6. The van der Waals surface area contributed by atoms with Crippen LogP contribution in [0.3, 0.4) is 0 Å². The summed E-state index contributed by atoms with van der Waals surface area (Å²) in [5.74, 6) is 0. The molecule has 0 atom stereocenters. The van der Waals surface area contributed by atoms with E-state index in [2.05, 4.69) is 238 Å². The molecule has 0 amide bonds. The smallest absolute Gasteiger partial charge is 0.0702 e. The van der Waals surface area contributed by atoms with E-state index in [4.69, 9.17) is 0 Å². The van der Waals surface area contributed by atoms with Gasteiger partial charge in [-0.1, -0.05) is 224 Å². The fourth-order valence-electron chi connectivity index (χ4n) is 9.35. The first-order chi connectivity index (χ1) is 36.8. The number of pyridine rings is 3. The van der Waals surface area contributed by atoms with E-state index in [0.717, 1.165) is 17.1 Å². The second-order valence-electron chi connectivity index (χ2n) is 20.4. The molecule has 0 N–H and O–H groups in total. The fraction of sp³-hybridized carbons (Fsp3) is 0.292. The Morgan fingerprint density at radius 3 is 0.763 bits per heavy atom. The van der Waals surface area contributed by atoms with Crippen LogP contribution in [0.2, 0.25) is 0 Å². The topological polar surface area (TPSA) is 38.7 Å². The maximum Gasteiger partial charge on any atom is 0.0702 e. The number of unbranched alkanes of at least 4 members (excludes halogenated alkanes) is 9. The van der Waals surface area contributed by atoms with Gasteiger partial charge in [0.05, 0.1) is 17.1 Å².